The number of carbonyl (C=O) groups is 1. The van der Waals surface area contributed by atoms with E-state index in [4.69, 9.17) is 25.5 Å². The molecular weight excluding hydrogens is 222 g/mol. The lowest BCUT2D eigenvalue weighted by molar-refractivity contribution is 0.0689. The molecule has 1 N–H and O–H groups in total. The lowest BCUT2D eigenvalue weighted by Crippen LogP contribution is -1.98. The van der Waals surface area contributed by atoms with Crippen molar-refractivity contribution in [3.8, 4) is 11.5 Å². The number of aromatic carboxylic acids is 1. The molecule has 0 unspecified atom stereocenters. The molecule has 0 bridgehead atoms. The molecule has 0 aliphatic heterocycles. The van der Waals surface area contributed by atoms with Crippen LogP contribution in [0.1, 0.15) is 16.2 Å². The van der Waals surface area contributed by atoms with Gasteiger partial charge in [0, 0.05) is 0 Å². The molecule has 2 heterocycles. The summed E-state index contributed by atoms with van der Waals surface area (Å²) in [7, 11) is 0. The van der Waals surface area contributed by atoms with E-state index >= 15 is 0 Å². The molecule has 0 aromatic carbocycles. The summed E-state index contributed by atoms with van der Waals surface area (Å²) in [5, 5.41) is 8.89. The largest absolute Gasteiger partial charge is 0.476 e. The third-order valence-corrected chi connectivity index (χ3v) is 2.14. The van der Waals surface area contributed by atoms with Crippen molar-refractivity contribution in [2.24, 2.45) is 0 Å². The molecule has 0 amide bonds. The first-order chi connectivity index (χ1) is 7.09. The monoisotopic (exact) mass is 227 g/mol. The first kappa shape index (κ1) is 9.79. The maximum Gasteiger partial charge on any atom is 0.358 e. The molecule has 0 spiro atoms. The minimum Gasteiger partial charge on any atom is -0.476 e. The molecule has 2 aromatic heterocycles. The molecule has 5 nitrogen and oxygen atoms in total. The van der Waals surface area contributed by atoms with Crippen molar-refractivity contribution in [1.82, 2.24) is 4.98 Å². The molecule has 0 saturated heterocycles. The van der Waals surface area contributed by atoms with E-state index < -0.39 is 5.97 Å². The van der Waals surface area contributed by atoms with Crippen molar-refractivity contribution < 1.29 is 18.7 Å². The molecule has 15 heavy (non-hydrogen) atoms. The summed E-state index contributed by atoms with van der Waals surface area (Å²) in [5.74, 6) is -0.763. The van der Waals surface area contributed by atoms with Gasteiger partial charge in [0.15, 0.2) is 5.69 Å². The van der Waals surface area contributed by atoms with Gasteiger partial charge in [-0.2, -0.15) is 0 Å². The number of aryl methyl sites for hydroxylation is 1. The van der Waals surface area contributed by atoms with Crippen LogP contribution >= 0.6 is 11.6 Å². The van der Waals surface area contributed by atoms with Crippen LogP contribution in [0.2, 0.25) is 5.22 Å². The van der Waals surface area contributed by atoms with Gasteiger partial charge in [-0.1, -0.05) is 0 Å². The van der Waals surface area contributed by atoms with E-state index in [9.17, 15) is 4.79 Å². The summed E-state index contributed by atoms with van der Waals surface area (Å²) in [6, 6.07) is 1.55. The third kappa shape index (κ3) is 1.61. The molecule has 2 rings (SSSR count). The van der Waals surface area contributed by atoms with Gasteiger partial charge < -0.3 is 13.9 Å². The van der Waals surface area contributed by atoms with Crippen molar-refractivity contribution in [1.29, 1.82) is 0 Å². The summed E-state index contributed by atoms with van der Waals surface area (Å²) < 4.78 is 10.0. The fraction of sp³-hybridized carbons (Fsp3) is 0.111. The number of nitrogens with zero attached hydrogens (tertiary/aromatic N) is 1. The highest BCUT2D eigenvalue weighted by Gasteiger charge is 2.19. The van der Waals surface area contributed by atoms with Crippen LogP contribution in [0.4, 0.5) is 0 Å². The van der Waals surface area contributed by atoms with E-state index in [2.05, 4.69) is 4.98 Å². The van der Waals surface area contributed by atoms with Gasteiger partial charge in [-0.25, -0.2) is 9.78 Å². The highest BCUT2D eigenvalue weighted by molar-refractivity contribution is 6.31. The van der Waals surface area contributed by atoms with Gasteiger partial charge in [0.05, 0.1) is 11.8 Å². The number of carboxylic acids is 1. The van der Waals surface area contributed by atoms with Crippen LogP contribution in [0.15, 0.2) is 21.2 Å². The van der Waals surface area contributed by atoms with E-state index in [0.29, 0.717) is 5.56 Å². The SMILES string of the molecule is Cc1oc(-c2ccoc2Cl)nc1C(=O)O. The van der Waals surface area contributed by atoms with Crippen molar-refractivity contribution >= 4 is 17.6 Å². The molecule has 6 heteroatoms. The Balaban J connectivity index is 2.52. The second-order valence-electron chi connectivity index (χ2n) is 2.84. The number of aromatic nitrogens is 1. The van der Waals surface area contributed by atoms with Crippen LogP contribution in [0.25, 0.3) is 11.5 Å². The molecule has 0 fully saturated rings. The van der Waals surface area contributed by atoms with Gasteiger partial charge in [-0.15, -0.1) is 0 Å². The number of halogens is 1. The summed E-state index contributed by atoms with van der Waals surface area (Å²) in [6.45, 7) is 1.52. The molecule has 0 aliphatic carbocycles. The van der Waals surface area contributed by atoms with Gasteiger partial charge in [0.25, 0.3) is 0 Å². The van der Waals surface area contributed by atoms with E-state index in [1.54, 1.807) is 6.07 Å². The van der Waals surface area contributed by atoms with E-state index in [0.717, 1.165) is 0 Å². The molecule has 0 radical (unpaired) electrons. The fourth-order valence-corrected chi connectivity index (χ4v) is 1.35. The molecule has 0 aliphatic rings. The van der Waals surface area contributed by atoms with Crippen LogP contribution in [-0.4, -0.2) is 16.1 Å². The molecule has 2 aromatic rings. The Kier molecular flexibility index (Phi) is 2.24. The number of furan rings is 1. The maximum absolute atomic E-state index is 10.7. The quantitative estimate of drug-likeness (QED) is 0.853. The molecule has 0 saturated carbocycles. The van der Waals surface area contributed by atoms with Crippen LogP contribution in [-0.2, 0) is 0 Å². The number of rotatable bonds is 2. The summed E-state index contributed by atoms with van der Waals surface area (Å²) in [5.41, 5.74) is 0.314. The first-order valence-corrected chi connectivity index (χ1v) is 4.41. The Bertz CT molecular complexity index is 514. The smallest absolute Gasteiger partial charge is 0.358 e. The molecule has 78 valence electrons. The Hall–Kier alpha value is -1.75. The summed E-state index contributed by atoms with van der Waals surface area (Å²) >= 11 is 5.70. The van der Waals surface area contributed by atoms with Crippen molar-refractivity contribution in [2.75, 3.05) is 0 Å². The second kappa shape index (κ2) is 3.43. The second-order valence-corrected chi connectivity index (χ2v) is 3.18. The number of hydrogen-bond acceptors (Lipinski definition) is 4. The van der Waals surface area contributed by atoms with Gasteiger partial charge >= 0.3 is 5.97 Å². The zero-order valence-corrected chi connectivity index (χ0v) is 8.41. The predicted octanol–water partition coefficient (Wildman–Crippen LogP) is 2.59. The summed E-state index contributed by atoms with van der Waals surface area (Å²) in [6.07, 6.45) is 1.37. The van der Waals surface area contributed by atoms with Gasteiger partial charge in [0.1, 0.15) is 5.76 Å². The van der Waals surface area contributed by atoms with Gasteiger partial charge in [0.2, 0.25) is 11.1 Å². The summed E-state index contributed by atoms with van der Waals surface area (Å²) in [4.78, 5) is 14.5. The normalized spacial score (nSPS) is 10.5. The van der Waals surface area contributed by atoms with E-state index in [1.165, 1.54) is 13.2 Å². The fourth-order valence-electron chi connectivity index (χ4n) is 1.16. The number of oxazole rings is 1. The van der Waals surface area contributed by atoms with Gasteiger partial charge in [-0.05, 0) is 24.6 Å². The Morgan fingerprint density at radius 3 is 2.80 bits per heavy atom. The number of hydrogen-bond donors (Lipinski definition) is 1. The predicted molar refractivity (Wildman–Crippen MR) is 50.9 cm³/mol. The number of carboxylic acid groups (broad SMARTS) is 1. The van der Waals surface area contributed by atoms with Crippen LogP contribution < -0.4 is 0 Å². The van der Waals surface area contributed by atoms with Crippen molar-refractivity contribution in [2.45, 2.75) is 6.92 Å². The van der Waals surface area contributed by atoms with Crippen molar-refractivity contribution in [3.05, 3.63) is 29.0 Å². The van der Waals surface area contributed by atoms with E-state index in [-0.39, 0.29) is 22.6 Å². The first-order valence-electron chi connectivity index (χ1n) is 4.03. The lowest BCUT2D eigenvalue weighted by atomic mass is 10.3. The van der Waals surface area contributed by atoms with Crippen LogP contribution in [0, 0.1) is 6.92 Å². The highest BCUT2D eigenvalue weighted by atomic mass is 35.5. The topological polar surface area (TPSA) is 76.5 Å². The molecule has 0 atom stereocenters. The van der Waals surface area contributed by atoms with Gasteiger partial charge in [-0.3, -0.25) is 0 Å². The van der Waals surface area contributed by atoms with E-state index in [1.807, 2.05) is 0 Å². The minimum atomic E-state index is -1.14. The standard InChI is InChI=1S/C9H6ClNO4/c1-4-6(9(12)13)11-8(15-4)5-2-3-14-7(5)10/h2-3H,1H3,(H,12,13). The zero-order chi connectivity index (χ0) is 11.0. The maximum atomic E-state index is 10.7. The Morgan fingerprint density at radius 1 is 1.60 bits per heavy atom. The average molecular weight is 228 g/mol. The Labute approximate surface area is 89.3 Å². The van der Waals surface area contributed by atoms with Crippen LogP contribution in [0.5, 0.6) is 0 Å². The minimum absolute atomic E-state index is 0.119. The molecular formula is C9H6ClNO4. The lowest BCUT2D eigenvalue weighted by Gasteiger charge is -1.87. The Morgan fingerprint density at radius 2 is 2.33 bits per heavy atom. The zero-order valence-electron chi connectivity index (χ0n) is 7.65. The average Bonchev–Trinajstić information content (AvgIpc) is 2.71. The third-order valence-electron chi connectivity index (χ3n) is 1.85. The van der Waals surface area contributed by atoms with Crippen LogP contribution in [0.3, 0.4) is 0 Å². The highest BCUT2D eigenvalue weighted by Crippen LogP contribution is 2.29. The van der Waals surface area contributed by atoms with Crippen molar-refractivity contribution in [3.63, 3.8) is 0 Å².